The van der Waals surface area contributed by atoms with Gasteiger partial charge in [-0.15, -0.1) is 0 Å². The van der Waals surface area contributed by atoms with Gasteiger partial charge in [0.25, 0.3) is 0 Å². The molecule has 0 radical (unpaired) electrons. The van der Waals surface area contributed by atoms with Crippen molar-refractivity contribution in [2.45, 2.75) is 32.0 Å². The summed E-state index contributed by atoms with van der Waals surface area (Å²) in [5.41, 5.74) is 1.49. The summed E-state index contributed by atoms with van der Waals surface area (Å²) in [7, 11) is 0. The van der Waals surface area contributed by atoms with Crippen molar-refractivity contribution >= 4 is 11.7 Å². The Labute approximate surface area is 145 Å². The van der Waals surface area contributed by atoms with Gasteiger partial charge in [-0.25, -0.2) is 4.79 Å². The van der Waals surface area contributed by atoms with Gasteiger partial charge in [-0.3, -0.25) is 0 Å². The van der Waals surface area contributed by atoms with Crippen molar-refractivity contribution in [3.05, 3.63) is 35.7 Å². The van der Waals surface area contributed by atoms with E-state index >= 15 is 0 Å². The van der Waals surface area contributed by atoms with E-state index in [1.807, 2.05) is 0 Å². The average Bonchev–Trinajstić information content (AvgIpc) is 3.25. The third-order valence-corrected chi connectivity index (χ3v) is 3.59. The Morgan fingerprint density at radius 3 is 2.65 bits per heavy atom. The molecular weight excluding hydrogens is 355 g/mol. The molecule has 1 aromatic heterocycles. The Hall–Kier alpha value is -2.91. The molecule has 1 atom stereocenters. The lowest BCUT2D eigenvalue weighted by molar-refractivity contribution is -0.159. The average molecular weight is 369 g/mol. The number of hydrogen-bond donors (Lipinski definition) is 0. The van der Waals surface area contributed by atoms with Crippen LogP contribution in [0.15, 0.2) is 33.9 Å². The molecule has 0 fully saturated rings. The molecular formula is C16H14F3N3O4. The van der Waals surface area contributed by atoms with Crippen molar-refractivity contribution in [2.75, 3.05) is 6.61 Å². The molecule has 0 saturated carbocycles. The van der Waals surface area contributed by atoms with E-state index < -0.39 is 18.0 Å². The zero-order valence-electron chi connectivity index (χ0n) is 13.6. The minimum absolute atomic E-state index is 0.145. The first-order valence-electron chi connectivity index (χ1n) is 7.77. The molecule has 7 nitrogen and oxygen atoms in total. The largest absolute Gasteiger partial charge is 0.471 e. The molecule has 10 heteroatoms. The van der Waals surface area contributed by atoms with Crippen LogP contribution in [0.1, 0.15) is 24.8 Å². The molecule has 0 N–H and O–H groups in total. The summed E-state index contributed by atoms with van der Waals surface area (Å²) in [6.07, 6.45) is -4.17. The lowest BCUT2D eigenvalue weighted by atomic mass is 10.0. The van der Waals surface area contributed by atoms with Crippen LogP contribution in [0.2, 0.25) is 0 Å². The predicted molar refractivity (Wildman–Crippen MR) is 82.0 cm³/mol. The summed E-state index contributed by atoms with van der Waals surface area (Å²) >= 11 is 0. The van der Waals surface area contributed by atoms with Gasteiger partial charge in [0.2, 0.25) is 5.82 Å². The van der Waals surface area contributed by atoms with Crippen LogP contribution in [0.4, 0.5) is 13.2 Å². The highest BCUT2D eigenvalue weighted by Gasteiger charge is 2.38. The minimum atomic E-state index is -4.68. The number of alkyl halides is 3. The molecule has 138 valence electrons. The molecule has 1 aliphatic heterocycles. The van der Waals surface area contributed by atoms with Crippen LogP contribution < -0.4 is 0 Å². The normalized spacial score (nSPS) is 16.9. The minimum Gasteiger partial charge on any atom is -0.461 e. The van der Waals surface area contributed by atoms with Gasteiger partial charge in [-0.05, 0) is 12.5 Å². The van der Waals surface area contributed by atoms with Crippen molar-refractivity contribution in [1.29, 1.82) is 0 Å². The molecule has 26 heavy (non-hydrogen) atoms. The van der Waals surface area contributed by atoms with E-state index in [2.05, 4.69) is 19.8 Å². The highest BCUT2D eigenvalue weighted by molar-refractivity contribution is 6.36. The monoisotopic (exact) mass is 369 g/mol. The number of oxime groups is 1. The van der Waals surface area contributed by atoms with E-state index in [9.17, 15) is 18.0 Å². The highest BCUT2D eigenvalue weighted by Crippen LogP contribution is 2.29. The SMILES string of the molecule is CCOC(=O)C1=NOC(Cc2ccc(-c3noc(C(F)(F)F)n3)cc2)C1. The number of hydrogen-bond acceptors (Lipinski definition) is 7. The van der Waals surface area contributed by atoms with Gasteiger partial charge in [0, 0.05) is 18.4 Å². The summed E-state index contributed by atoms with van der Waals surface area (Å²) < 4.78 is 46.5. The zero-order valence-corrected chi connectivity index (χ0v) is 13.6. The van der Waals surface area contributed by atoms with E-state index in [1.165, 1.54) is 0 Å². The molecule has 0 saturated heterocycles. The van der Waals surface area contributed by atoms with Crippen LogP contribution >= 0.6 is 0 Å². The Morgan fingerprint density at radius 1 is 1.31 bits per heavy atom. The van der Waals surface area contributed by atoms with E-state index in [0.717, 1.165) is 5.56 Å². The van der Waals surface area contributed by atoms with E-state index in [0.29, 0.717) is 18.4 Å². The number of esters is 1. The number of aromatic nitrogens is 2. The molecule has 3 rings (SSSR count). The van der Waals surface area contributed by atoms with Crippen molar-refractivity contribution in [3.8, 4) is 11.4 Å². The van der Waals surface area contributed by atoms with Crippen LogP contribution in [-0.4, -0.2) is 34.5 Å². The summed E-state index contributed by atoms with van der Waals surface area (Å²) in [4.78, 5) is 20.1. The zero-order chi connectivity index (χ0) is 18.7. The van der Waals surface area contributed by atoms with Crippen molar-refractivity contribution < 1.29 is 32.1 Å². The quantitative estimate of drug-likeness (QED) is 0.753. The number of halogens is 3. The second-order valence-corrected chi connectivity index (χ2v) is 5.51. The van der Waals surface area contributed by atoms with Gasteiger partial charge in [0.05, 0.1) is 6.61 Å². The fourth-order valence-corrected chi connectivity index (χ4v) is 2.38. The topological polar surface area (TPSA) is 86.8 Å². The summed E-state index contributed by atoms with van der Waals surface area (Å²) in [6.45, 7) is 1.96. The van der Waals surface area contributed by atoms with E-state index in [-0.39, 0.29) is 24.2 Å². The number of carbonyl (C=O) groups excluding carboxylic acids is 1. The summed E-state index contributed by atoms with van der Waals surface area (Å²) in [5.74, 6) is -2.03. The third kappa shape index (κ3) is 4.01. The Bertz CT molecular complexity index is 815. The van der Waals surface area contributed by atoms with Gasteiger partial charge >= 0.3 is 18.0 Å². The van der Waals surface area contributed by atoms with Crippen LogP contribution in [0.3, 0.4) is 0 Å². The first kappa shape index (κ1) is 17.9. The summed E-state index contributed by atoms with van der Waals surface area (Å²) in [5, 5.41) is 7.06. The van der Waals surface area contributed by atoms with Crippen LogP contribution in [0.25, 0.3) is 11.4 Å². The van der Waals surface area contributed by atoms with Crippen molar-refractivity contribution in [2.24, 2.45) is 5.16 Å². The van der Waals surface area contributed by atoms with Crippen LogP contribution in [0.5, 0.6) is 0 Å². The molecule has 2 heterocycles. The Balaban J connectivity index is 1.61. The lowest BCUT2D eigenvalue weighted by Gasteiger charge is -2.08. The van der Waals surface area contributed by atoms with Gasteiger partial charge in [-0.2, -0.15) is 18.2 Å². The molecule has 0 bridgehead atoms. The second-order valence-electron chi connectivity index (χ2n) is 5.51. The molecule has 0 aliphatic carbocycles. The number of carbonyl (C=O) groups is 1. The Morgan fingerprint density at radius 2 is 2.04 bits per heavy atom. The van der Waals surface area contributed by atoms with Crippen LogP contribution in [0, 0.1) is 0 Å². The lowest BCUT2D eigenvalue weighted by Crippen LogP contribution is -2.19. The molecule has 1 aromatic carbocycles. The van der Waals surface area contributed by atoms with E-state index in [4.69, 9.17) is 9.57 Å². The third-order valence-electron chi connectivity index (χ3n) is 3.59. The summed E-state index contributed by atoms with van der Waals surface area (Å²) in [6, 6.07) is 6.60. The van der Waals surface area contributed by atoms with Gasteiger partial charge < -0.3 is 14.1 Å². The predicted octanol–water partition coefficient (Wildman–Crippen LogP) is 3.01. The molecule has 0 amide bonds. The van der Waals surface area contributed by atoms with Gasteiger partial charge in [-0.1, -0.05) is 34.6 Å². The van der Waals surface area contributed by atoms with Crippen molar-refractivity contribution in [3.63, 3.8) is 0 Å². The molecule has 1 unspecified atom stereocenters. The fourth-order valence-electron chi connectivity index (χ4n) is 2.38. The number of benzene rings is 1. The maximum Gasteiger partial charge on any atom is 0.471 e. The van der Waals surface area contributed by atoms with Gasteiger partial charge in [0.15, 0.2) is 5.71 Å². The highest BCUT2D eigenvalue weighted by atomic mass is 19.4. The maximum absolute atomic E-state index is 12.5. The first-order valence-corrected chi connectivity index (χ1v) is 7.77. The Kier molecular flexibility index (Phi) is 4.92. The fraction of sp³-hybridized carbons (Fsp3) is 0.375. The molecule has 2 aromatic rings. The maximum atomic E-state index is 12.5. The van der Waals surface area contributed by atoms with Crippen LogP contribution in [-0.2, 0) is 27.0 Å². The van der Waals surface area contributed by atoms with Gasteiger partial charge in [0.1, 0.15) is 6.10 Å². The van der Waals surface area contributed by atoms with Crippen molar-refractivity contribution in [1.82, 2.24) is 10.1 Å². The number of nitrogens with zero attached hydrogens (tertiary/aromatic N) is 3. The molecule has 1 aliphatic rings. The van der Waals surface area contributed by atoms with E-state index in [1.54, 1.807) is 31.2 Å². The number of rotatable bonds is 5. The number of ether oxygens (including phenoxy) is 1. The first-order chi connectivity index (χ1) is 12.4. The smallest absolute Gasteiger partial charge is 0.461 e. The molecule has 0 spiro atoms. The standard InChI is InChI=1S/C16H14F3N3O4/c1-2-24-14(23)12-8-11(25-21-12)7-9-3-5-10(6-4-9)13-20-15(26-22-13)16(17,18)19/h3-6,11H,2,7-8H2,1H3. The second kappa shape index (κ2) is 7.14.